The first-order valence-electron chi connectivity index (χ1n) is 14.6. The molecule has 3 aliphatic rings. The lowest BCUT2D eigenvalue weighted by molar-refractivity contribution is 0.433. The fraction of sp³-hybridized carbons (Fsp3) is 0.100. The summed E-state index contributed by atoms with van der Waals surface area (Å²) in [6, 6.07) is 44.7. The monoisotopic (exact) mass is 680 g/mol. The van der Waals surface area contributed by atoms with Crippen LogP contribution >= 0.6 is 31.9 Å². The Hall–Kier alpha value is -3.92. The van der Waals surface area contributed by atoms with Gasteiger partial charge >= 0.3 is 0 Å². The summed E-state index contributed by atoms with van der Waals surface area (Å²) in [6.07, 6.45) is 0. The van der Waals surface area contributed by atoms with Crippen molar-refractivity contribution in [1.82, 2.24) is 0 Å². The fourth-order valence-electron chi connectivity index (χ4n) is 8.04. The molecule has 0 atom stereocenters. The number of hydrogen-bond donors (Lipinski definition) is 0. The van der Waals surface area contributed by atoms with Crippen molar-refractivity contribution in [3.8, 4) is 44.9 Å². The molecule has 0 unspecified atom stereocenters. The van der Waals surface area contributed by atoms with E-state index in [-0.39, 0.29) is 5.41 Å². The average Bonchev–Trinajstić information content (AvgIpc) is 3.18. The lowest BCUT2D eigenvalue weighted by Gasteiger charge is -2.43. The Kier molecular flexibility index (Phi) is 5.24. The maximum Gasteiger partial charge on any atom is 0.132 e. The third kappa shape index (κ3) is 3.27. The van der Waals surface area contributed by atoms with Gasteiger partial charge in [0.15, 0.2) is 0 Å². The highest BCUT2D eigenvalue weighted by Gasteiger charge is 2.50. The van der Waals surface area contributed by atoms with Gasteiger partial charge in [-0.3, -0.25) is 0 Å². The maximum atomic E-state index is 6.91. The lowest BCUT2D eigenvalue weighted by atomic mass is 9.61. The molecule has 0 saturated carbocycles. The summed E-state index contributed by atoms with van der Waals surface area (Å²) in [5, 5.41) is 0. The molecule has 0 radical (unpaired) electrons. The van der Waals surface area contributed by atoms with Gasteiger partial charge in [-0.05, 0) is 98.1 Å². The van der Waals surface area contributed by atoms with Crippen molar-refractivity contribution in [2.24, 2.45) is 0 Å². The second-order valence-electron chi connectivity index (χ2n) is 12.3. The summed E-state index contributed by atoms with van der Waals surface area (Å²) in [7, 11) is 0. The lowest BCUT2D eigenvalue weighted by Crippen LogP contribution is -2.35. The van der Waals surface area contributed by atoms with Crippen LogP contribution in [-0.2, 0) is 10.8 Å². The van der Waals surface area contributed by atoms with Crippen molar-refractivity contribution in [2.75, 3.05) is 0 Å². The van der Waals surface area contributed by atoms with E-state index in [1.54, 1.807) is 0 Å². The van der Waals surface area contributed by atoms with Crippen LogP contribution in [0.5, 0.6) is 11.5 Å². The summed E-state index contributed by atoms with van der Waals surface area (Å²) < 4.78 is 9.02. The summed E-state index contributed by atoms with van der Waals surface area (Å²) in [6.45, 7) is 4.66. The molecule has 1 nitrogen and oxygen atoms in total. The van der Waals surface area contributed by atoms with Crippen LogP contribution in [0.15, 0.2) is 130 Å². The van der Waals surface area contributed by atoms with Crippen molar-refractivity contribution in [3.05, 3.63) is 164 Å². The molecule has 2 aliphatic carbocycles. The minimum atomic E-state index is -0.641. The van der Waals surface area contributed by atoms with Gasteiger partial charge in [-0.2, -0.15) is 0 Å². The molecule has 1 heterocycles. The smallest absolute Gasteiger partial charge is 0.132 e. The van der Waals surface area contributed by atoms with Crippen LogP contribution in [0.2, 0.25) is 0 Å². The van der Waals surface area contributed by atoms with Gasteiger partial charge in [-0.15, -0.1) is 0 Å². The Morgan fingerprint density at radius 1 is 0.419 bits per heavy atom. The second kappa shape index (κ2) is 8.81. The van der Waals surface area contributed by atoms with Gasteiger partial charge in [0.1, 0.15) is 11.5 Å². The van der Waals surface area contributed by atoms with Gasteiger partial charge in [-0.25, -0.2) is 0 Å². The molecule has 0 aromatic heterocycles. The minimum absolute atomic E-state index is 0.129. The number of hydrogen-bond acceptors (Lipinski definition) is 1. The van der Waals surface area contributed by atoms with Crippen LogP contribution in [-0.4, -0.2) is 0 Å². The van der Waals surface area contributed by atoms with Crippen LogP contribution < -0.4 is 4.74 Å². The van der Waals surface area contributed by atoms with Gasteiger partial charge in [0.25, 0.3) is 0 Å². The molecule has 0 amide bonds. The quantitative estimate of drug-likeness (QED) is 0.155. The molecule has 3 heteroatoms. The van der Waals surface area contributed by atoms with Gasteiger partial charge < -0.3 is 4.74 Å². The Morgan fingerprint density at radius 3 is 1.60 bits per heavy atom. The second-order valence-corrected chi connectivity index (χ2v) is 14.2. The molecule has 6 aromatic carbocycles. The number of para-hydroxylation sites is 1. The van der Waals surface area contributed by atoms with E-state index >= 15 is 0 Å². The topological polar surface area (TPSA) is 9.23 Å². The molecule has 0 saturated heterocycles. The Morgan fingerprint density at radius 2 is 0.953 bits per heavy atom. The van der Waals surface area contributed by atoms with Crippen molar-refractivity contribution in [3.63, 3.8) is 0 Å². The zero-order valence-electron chi connectivity index (χ0n) is 23.7. The van der Waals surface area contributed by atoms with E-state index < -0.39 is 5.41 Å². The summed E-state index contributed by atoms with van der Waals surface area (Å²) in [5.74, 6) is 1.81. The first-order valence-corrected chi connectivity index (χ1v) is 16.2. The Balaban J connectivity index is 1.52. The van der Waals surface area contributed by atoms with Gasteiger partial charge in [0.2, 0.25) is 0 Å². The number of ether oxygens (including phenoxy) is 1. The number of benzene rings is 6. The average molecular weight is 682 g/mol. The van der Waals surface area contributed by atoms with E-state index in [0.29, 0.717) is 0 Å². The van der Waals surface area contributed by atoms with Gasteiger partial charge in [0, 0.05) is 25.5 Å². The molecule has 1 aliphatic heterocycles. The predicted octanol–water partition coefficient (Wildman–Crippen LogP) is 11.7. The van der Waals surface area contributed by atoms with Crippen LogP contribution in [0.25, 0.3) is 33.4 Å². The van der Waals surface area contributed by atoms with E-state index in [2.05, 4.69) is 167 Å². The molecule has 0 bridgehead atoms. The highest BCUT2D eigenvalue weighted by molar-refractivity contribution is 9.10. The Labute approximate surface area is 268 Å². The normalized spacial score (nSPS) is 15.5. The molecule has 43 heavy (non-hydrogen) atoms. The SMILES string of the molecule is CC1(C)c2ccccc2-c2cc3c(cc21)Oc1ccccc1C31c2cc(Br)ccc2-c2ccccc2-c2ccc(Br)cc21. The van der Waals surface area contributed by atoms with E-state index in [4.69, 9.17) is 4.74 Å². The third-order valence-corrected chi connectivity index (χ3v) is 10.9. The van der Waals surface area contributed by atoms with Gasteiger partial charge in [0.05, 0.1) is 5.41 Å². The first kappa shape index (κ1) is 25.6. The largest absolute Gasteiger partial charge is 0.457 e. The van der Waals surface area contributed by atoms with Crippen molar-refractivity contribution < 1.29 is 4.74 Å². The molecule has 0 fully saturated rings. The van der Waals surface area contributed by atoms with Gasteiger partial charge in [-0.1, -0.05) is 125 Å². The molecular formula is C40H26Br2O. The highest BCUT2D eigenvalue weighted by Crippen LogP contribution is 2.63. The zero-order valence-corrected chi connectivity index (χ0v) is 26.9. The van der Waals surface area contributed by atoms with E-state index in [1.807, 2.05) is 0 Å². The highest BCUT2D eigenvalue weighted by atomic mass is 79.9. The number of halogens is 2. The first-order chi connectivity index (χ1) is 20.9. The van der Waals surface area contributed by atoms with Crippen LogP contribution in [0.1, 0.15) is 47.2 Å². The molecule has 9 rings (SSSR count). The maximum absolute atomic E-state index is 6.91. The zero-order chi connectivity index (χ0) is 29.1. The Bertz CT molecular complexity index is 2100. The van der Waals surface area contributed by atoms with Crippen molar-refractivity contribution in [2.45, 2.75) is 24.7 Å². The predicted molar refractivity (Wildman–Crippen MR) is 182 cm³/mol. The van der Waals surface area contributed by atoms with Crippen LogP contribution in [0, 0.1) is 0 Å². The van der Waals surface area contributed by atoms with Crippen LogP contribution in [0.4, 0.5) is 0 Å². The summed E-state index contributed by atoms with van der Waals surface area (Å²) >= 11 is 7.77. The molecule has 6 aromatic rings. The number of rotatable bonds is 0. The minimum Gasteiger partial charge on any atom is -0.457 e. The van der Waals surface area contributed by atoms with E-state index in [0.717, 1.165) is 26.0 Å². The van der Waals surface area contributed by atoms with Crippen LogP contribution in [0.3, 0.4) is 0 Å². The summed E-state index contributed by atoms with van der Waals surface area (Å²) in [4.78, 5) is 0. The standard InChI is InChI=1S/C40H26Br2O/c1-39(2)31-12-6-5-11-27(31)30-21-36-38(22-33(30)39)43-37-14-8-7-13-32(37)40(36)34-19-23(41)15-17-28(34)25-9-3-4-10-26(25)29-18-16-24(42)20-35(29)40/h3-22H,1-2H3. The molecule has 1 spiro atoms. The number of fused-ring (bicyclic) bond motifs is 14. The van der Waals surface area contributed by atoms with Crippen molar-refractivity contribution in [1.29, 1.82) is 0 Å². The van der Waals surface area contributed by atoms with Crippen molar-refractivity contribution >= 4 is 31.9 Å². The third-order valence-electron chi connectivity index (χ3n) is 9.88. The summed E-state index contributed by atoms with van der Waals surface area (Å²) in [5.41, 5.74) is 14.2. The molecule has 206 valence electrons. The van der Waals surface area contributed by atoms with E-state index in [1.165, 1.54) is 61.2 Å². The van der Waals surface area contributed by atoms with E-state index in [9.17, 15) is 0 Å². The molecule has 0 N–H and O–H groups in total. The molecular weight excluding hydrogens is 656 g/mol. The fourth-order valence-corrected chi connectivity index (χ4v) is 8.76.